The molecule has 26 heavy (non-hydrogen) atoms. The van der Waals surface area contributed by atoms with E-state index >= 15 is 0 Å². The van der Waals surface area contributed by atoms with Gasteiger partial charge in [0.2, 0.25) is 0 Å². The topological polar surface area (TPSA) is 93.2 Å². The number of amides is 1. The highest BCUT2D eigenvalue weighted by Crippen LogP contribution is 2.38. The van der Waals surface area contributed by atoms with Gasteiger partial charge in [-0.2, -0.15) is 0 Å². The molecule has 1 aliphatic carbocycles. The average molecular weight is 354 g/mol. The molecule has 7 heteroatoms. The van der Waals surface area contributed by atoms with Gasteiger partial charge in [0.1, 0.15) is 17.7 Å². The van der Waals surface area contributed by atoms with Crippen molar-refractivity contribution < 1.29 is 14.3 Å². The van der Waals surface area contributed by atoms with Gasteiger partial charge in [-0.3, -0.25) is 4.79 Å². The van der Waals surface area contributed by atoms with E-state index in [9.17, 15) is 9.59 Å². The molecule has 1 amide bonds. The van der Waals surface area contributed by atoms with Gasteiger partial charge in [-0.25, -0.2) is 14.8 Å². The highest BCUT2D eigenvalue weighted by atomic mass is 16.6. The van der Waals surface area contributed by atoms with Crippen LogP contribution in [0.3, 0.4) is 0 Å². The first-order valence-corrected chi connectivity index (χ1v) is 8.38. The van der Waals surface area contributed by atoms with Crippen molar-refractivity contribution in [3.63, 3.8) is 0 Å². The number of aromatic nitrogens is 2. The Hall–Kier alpha value is -2.96. The third-order valence-corrected chi connectivity index (χ3v) is 4.06. The van der Waals surface area contributed by atoms with Crippen molar-refractivity contribution in [3.8, 4) is 0 Å². The first-order chi connectivity index (χ1) is 12.2. The standard InChI is InChI=1S/C19H22N4O3/c1-18(2,3)26-17(25)23-19(4)10-15(24)13-6-5-12(9-14(13)19)22-16-7-8-20-11-21-16/h5-9,11H,10H2,1-4H3,(H,23,25)(H,20,21,22). The van der Waals surface area contributed by atoms with E-state index in [1.165, 1.54) is 6.33 Å². The summed E-state index contributed by atoms with van der Waals surface area (Å²) in [5.74, 6) is 0.637. The molecule has 1 aliphatic rings. The molecule has 0 fully saturated rings. The molecule has 1 unspecified atom stereocenters. The first-order valence-electron chi connectivity index (χ1n) is 8.38. The Morgan fingerprint density at radius 2 is 2.04 bits per heavy atom. The van der Waals surface area contributed by atoms with Crippen LogP contribution in [0.25, 0.3) is 0 Å². The van der Waals surface area contributed by atoms with Crippen molar-refractivity contribution >= 4 is 23.4 Å². The van der Waals surface area contributed by atoms with E-state index in [1.54, 1.807) is 39.1 Å². The molecule has 0 aliphatic heterocycles. The maximum atomic E-state index is 12.4. The summed E-state index contributed by atoms with van der Waals surface area (Å²) in [5.41, 5.74) is 0.707. The van der Waals surface area contributed by atoms with E-state index < -0.39 is 17.2 Å². The number of fused-ring (bicyclic) bond motifs is 1. The zero-order valence-electron chi connectivity index (χ0n) is 15.3. The summed E-state index contributed by atoms with van der Waals surface area (Å²) in [6.07, 6.45) is 2.74. The highest BCUT2D eigenvalue weighted by molar-refractivity contribution is 6.03. The lowest BCUT2D eigenvalue weighted by molar-refractivity contribution is 0.0461. The molecule has 1 atom stereocenters. The number of hydrogen-bond donors (Lipinski definition) is 2. The van der Waals surface area contributed by atoms with E-state index in [-0.39, 0.29) is 12.2 Å². The quantitative estimate of drug-likeness (QED) is 0.875. The van der Waals surface area contributed by atoms with Crippen molar-refractivity contribution in [2.75, 3.05) is 5.32 Å². The van der Waals surface area contributed by atoms with Crippen LogP contribution in [-0.4, -0.2) is 27.4 Å². The zero-order valence-corrected chi connectivity index (χ0v) is 15.3. The fourth-order valence-electron chi connectivity index (χ4n) is 2.99. The molecule has 3 rings (SSSR count). The summed E-state index contributed by atoms with van der Waals surface area (Å²) in [5, 5.41) is 6.03. The SMILES string of the molecule is CC(C)(C)OC(=O)NC1(C)CC(=O)c2ccc(Nc3ccncn3)cc21. The van der Waals surface area contributed by atoms with Gasteiger partial charge in [-0.1, -0.05) is 0 Å². The summed E-state index contributed by atoms with van der Waals surface area (Å²) >= 11 is 0. The second-order valence-electron chi connectivity index (χ2n) is 7.54. The van der Waals surface area contributed by atoms with Gasteiger partial charge >= 0.3 is 6.09 Å². The van der Waals surface area contributed by atoms with Crippen LogP contribution >= 0.6 is 0 Å². The van der Waals surface area contributed by atoms with E-state index in [4.69, 9.17) is 4.74 Å². The van der Waals surface area contributed by atoms with E-state index in [0.717, 1.165) is 11.3 Å². The highest BCUT2D eigenvalue weighted by Gasteiger charge is 2.41. The van der Waals surface area contributed by atoms with Gasteiger partial charge in [0, 0.05) is 23.9 Å². The van der Waals surface area contributed by atoms with Gasteiger partial charge in [-0.15, -0.1) is 0 Å². The Morgan fingerprint density at radius 3 is 2.69 bits per heavy atom. The molecule has 7 nitrogen and oxygen atoms in total. The minimum Gasteiger partial charge on any atom is -0.444 e. The number of Topliss-reactive ketones (excluding diaryl/α,β-unsaturated/α-hetero) is 1. The normalized spacial score (nSPS) is 19.0. The number of carbonyl (C=O) groups is 2. The Balaban J connectivity index is 1.87. The maximum absolute atomic E-state index is 12.4. The van der Waals surface area contributed by atoms with Crippen LogP contribution < -0.4 is 10.6 Å². The lowest BCUT2D eigenvalue weighted by Gasteiger charge is -2.29. The lowest BCUT2D eigenvalue weighted by atomic mass is 9.94. The number of ether oxygens (including phenoxy) is 1. The summed E-state index contributed by atoms with van der Waals surface area (Å²) in [4.78, 5) is 32.6. The predicted molar refractivity (Wildman–Crippen MR) is 97.4 cm³/mol. The molecular formula is C19H22N4O3. The van der Waals surface area contributed by atoms with Crippen LogP contribution in [0.2, 0.25) is 0 Å². The van der Waals surface area contributed by atoms with E-state index in [1.807, 2.05) is 19.1 Å². The number of benzene rings is 1. The molecule has 136 valence electrons. The predicted octanol–water partition coefficient (Wildman–Crippen LogP) is 3.55. The summed E-state index contributed by atoms with van der Waals surface area (Å²) in [6, 6.07) is 7.19. The van der Waals surface area contributed by atoms with E-state index in [0.29, 0.717) is 11.4 Å². The molecule has 1 aromatic carbocycles. The number of alkyl carbamates (subject to hydrolysis) is 1. The second-order valence-corrected chi connectivity index (χ2v) is 7.54. The third kappa shape index (κ3) is 3.82. The van der Waals surface area contributed by atoms with Crippen LogP contribution in [0.1, 0.15) is 50.0 Å². The van der Waals surface area contributed by atoms with E-state index in [2.05, 4.69) is 20.6 Å². The summed E-state index contributed by atoms with van der Waals surface area (Å²) < 4.78 is 5.35. The van der Waals surface area contributed by atoms with Crippen LogP contribution in [0.4, 0.5) is 16.3 Å². The minimum atomic E-state index is -0.821. The van der Waals surface area contributed by atoms with Crippen molar-refractivity contribution in [2.24, 2.45) is 0 Å². The second kappa shape index (κ2) is 6.40. The largest absolute Gasteiger partial charge is 0.444 e. The molecule has 0 bridgehead atoms. The first kappa shape index (κ1) is 17.8. The third-order valence-electron chi connectivity index (χ3n) is 4.06. The number of hydrogen-bond acceptors (Lipinski definition) is 6. The molecule has 1 heterocycles. The lowest BCUT2D eigenvalue weighted by Crippen LogP contribution is -2.44. The molecule has 0 radical (unpaired) electrons. The monoisotopic (exact) mass is 354 g/mol. The number of anilines is 2. The Bertz CT molecular complexity index is 846. The fourth-order valence-corrected chi connectivity index (χ4v) is 2.99. The number of carbonyl (C=O) groups excluding carboxylic acids is 2. The van der Waals surface area contributed by atoms with Crippen LogP contribution in [0, 0.1) is 0 Å². The van der Waals surface area contributed by atoms with Crippen LogP contribution in [0.15, 0.2) is 36.8 Å². The van der Waals surface area contributed by atoms with Gasteiger partial charge in [0.05, 0.1) is 5.54 Å². The molecule has 1 aromatic heterocycles. The van der Waals surface area contributed by atoms with Crippen LogP contribution in [0.5, 0.6) is 0 Å². The molecular weight excluding hydrogens is 332 g/mol. The molecule has 0 saturated carbocycles. The van der Waals surface area contributed by atoms with Gasteiger partial charge in [-0.05, 0) is 57.5 Å². The van der Waals surface area contributed by atoms with Crippen LogP contribution in [-0.2, 0) is 10.3 Å². The maximum Gasteiger partial charge on any atom is 0.408 e. The van der Waals surface area contributed by atoms with Gasteiger partial charge in [0.25, 0.3) is 0 Å². The Kier molecular flexibility index (Phi) is 4.39. The Labute approximate surface area is 152 Å². The molecule has 2 aromatic rings. The minimum absolute atomic E-state index is 0.00727. The molecule has 0 saturated heterocycles. The average Bonchev–Trinajstić information content (AvgIpc) is 2.77. The van der Waals surface area contributed by atoms with Crippen molar-refractivity contribution in [2.45, 2.75) is 45.3 Å². The fraction of sp³-hybridized carbons (Fsp3) is 0.368. The zero-order chi connectivity index (χ0) is 18.9. The van der Waals surface area contributed by atoms with Crippen molar-refractivity contribution in [1.82, 2.24) is 15.3 Å². The smallest absolute Gasteiger partial charge is 0.408 e. The summed E-state index contributed by atoms with van der Waals surface area (Å²) in [7, 11) is 0. The number of nitrogens with one attached hydrogen (secondary N) is 2. The summed E-state index contributed by atoms with van der Waals surface area (Å²) in [6.45, 7) is 7.22. The number of nitrogens with zero attached hydrogens (tertiary/aromatic N) is 2. The van der Waals surface area contributed by atoms with Crippen molar-refractivity contribution in [1.29, 1.82) is 0 Å². The number of ketones is 1. The molecule has 2 N–H and O–H groups in total. The van der Waals surface area contributed by atoms with Gasteiger partial charge in [0.15, 0.2) is 5.78 Å². The molecule has 0 spiro atoms. The van der Waals surface area contributed by atoms with Gasteiger partial charge < -0.3 is 15.4 Å². The Morgan fingerprint density at radius 1 is 1.27 bits per heavy atom. The number of rotatable bonds is 3. The van der Waals surface area contributed by atoms with Crippen molar-refractivity contribution in [3.05, 3.63) is 47.9 Å².